The van der Waals surface area contributed by atoms with Gasteiger partial charge in [-0.25, -0.2) is 0 Å². The van der Waals surface area contributed by atoms with Crippen molar-refractivity contribution < 1.29 is 23.4 Å². The smallest absolute Gasteiger partial charge is 0.387 e. The molecule has 7 heteroatoms. The second-order valence-electron chi connectivity index (χ2n) is 7.11. The van der Waals surface area contributed by atoms with Crippen LogP contribution in [0.4, 0.5) is 8.78 Å². The SMILES string of the molecule is CN(C)[C@]1(c2ccccc2)CCN(C(=O)c2cccc(OC(F)F)c2)C[C@H]1O. The number of nitrogens with zero attached hydrogens (tertiary/aromatic N) is 2. The number of alkyl halides is 2. The topological polar surface area (TPSA) is 53.0 Å². The summed E-state index contributed by atoms with van der Waals surface area (Å²) in [4.78, 5) is 16.4. The first-order valence-corrected chi connectivity index (χ1v) is 9.10. The van der Waals surface area contributed by atoms with Gasteiger partial charge >= 0.3 is 6.61 Å². The number of halogens is 2. The third-order valence-corrected chi connectivity index (χ3v) is 5.37. The number of hydrogen-bond donors (Lipinski definition) is 1. The lowest BCUT2D eigenvalue weighted by Gasteiger charge is -2.49. The van der Waals surface area contributed by atoms with Crippen molar-refractivity contribution in [2.24, 2.45) is 0 Å². The van der Waals surface area contributed by atoms with Crippen molar-refractivity contribution in [2.75, 3.05) is 27.2 Å². The lowest BCUT2D eigenvalue weighted by Crippen LogP contribution is -2.60. The molecule has 0 saturated carbocycles. The Hall–Kier alpha value is -2.51. The Kier molecular flexibility index (Phi) is 5.96. The van der Waals surface area contributed by atoms with E-state index in [-0.39, 0.29) is 23.8 Å². The summed E-state index contributed by atoms with van der Waals surface area (Å²) in [6.45, 7) is -2.37. The normalized spacial score (nSPS) is 22.5. The number of aliphatic hydroxyl groups is 1. The Morgan fingerprint density at radius 2 is 1.93 bits per heavy atom. The largest absolute Gasteiger partial charge is 0.435 e. The first-order chi connectivity index (χ1) is 13.3. The molecule has 1 N–H and O–H groups in total. The molecule has 2 aromatic carbocycles. The van der Waals surface area contributed by atoms with E-state index in [2.05, 4.69) is 4.74 Å². The van der Waals surface area contributed by atoms with Crippen LogP contribution in [0, 0.1) is 0 Å². The maximum absolute atomic E-state index is 12.9. The van der Waals surface area contributed by atoms with Crippen molar-refractivity contribution in [3.05, 3.63) is 65.7 Å². The summed E-state index contributed by atoms with van der Waals surface area (Å²) in [6, 6.07) is 15.5. The number of β-amino-alcohol motifs (C(OH)–C–C–N with tert-alkyl or cyclic N) is 1. The van der Waals surface area contributed by atoms with E-state index in [1.165, 1.54) is 18.2 Å². The molecule has 0 unspecified atom stereocenters. The molecule has 0 aliphatic carbocycles. The lowest BCUT2D eigenvalue weighted by molar-refractivity contribution is -0.0612. The van der Waals surface area contributed by atoms with Gasteiger partial charge in [0.2, 0.25) is 0 Å². The number of hydrogen-bond acceptors (Lipinski definition) is 4. The van der Waals surface area contributed by atoms with Gasteiger partial charge in [0.15, 0.2) is 0 Å². The molecule has 1 fully saturated rings. The summed E-state index contributed by atoms with van der Waals surface area (Å²) in [5.41, 5.74) is 0.646. The molecule has 0 radical (unpaired) electrons. The number of carbonyl (C=O) groups excluding carboxylic acids is 1. The van der Waals surface area contributed by atoms with Crippen LogP contribution in [0.5, 0.6) is 5.75 Å². The Bertz CT molecular complexity index is 816. The Balaban J connectivity index is 1.80. The fourth-order valence-corrected chi connectivity index (χ4v) is 3.94. The molecule has 150 valence electrons. The molecule has 1 aliphatic rings. The Morgan fingerprint density at radius 1 is 1.21 bits per heavy atom. The van der Waals surface area contributed by atoms with Crippen LogP contribution in [-0.4, -0.2) is 60.7 Å². The average Bonchev–Trinajstić information content (AvgIpc) is 2.67. The number of likely N-dealkylation sites (N-methyl/N-ethyl adjacent to an activating group) is 1. The molecule has 1 amide bonds. The quantitative estimate of drug-likeness (QED) is 0.853. The number of benzene rings is 2. The molecule has 28 heavy (non-hydrogen) atoms. The highest BCUT2D eigenvalue weighted by Gasteiger charge is 2.46. The second-order valence-corrected chi connectivity index (χ2v) is 7.11. The van der Waals surface area contributed by atoms with E-state index in [0.717, 1.165) is 5.56 Å². The molecule has 1 heterocycles. The Morgan fingerprint density at radius 3 is 2.54 bits per heavy atom. The van der Waals surface area contributed by atoms with Gasteiger partial charge in [-0.1, -0.05) is 36.4 Å². The van der Waals surface area contributed by atoms with E-state index in [0.29, 0.717) is 13.0 Å². The number of ether oxygens (including phenoxy) is 1. The van der Waals surface area contributed by atoms with Crippen LogP contribution >= 0.6 is 0 Å². The van der Waals surface area contributed by atoms with E-state index >= 15 is 0 Å². The van der Waals surface area contributed by atoms with Crippen molar-refractivity contribution in [3.8, 4) is 5.75 Å². The van der Waals surface area contributed by atoms with Gasteiger partial charge in [0.1, 0.15) is 5.75 Å². The third-order valence-electron chi connectivity index (χ3n) is 5.37. The minimum atomic E-state index is -2.95. The van der Waals surface area contributed by atoms with Crippen LogP contribution in [-0.2, 0) is 5.54 Å². The van der Waals surface area contributed by atoms with E-state index in [1.807, 2.05) is 49.3 Å². The summed E-state index contributed by atoms with van der Waals surface area (Å²) in [5.74, 6) is -0.385. The van der Waals surface area contributed by atoms with Crippen LogP contribution in [0.25, 0.3) is 0 Å². The summed E-state index contributed by atoms with van der Waals surface area (Å²) in [6.07, 6.45) is -0.257. The molecule has 2 aromatic rings. The molecule has 1 aliphatic heterocycles. The lowest BCUT2D eigenvalue weighted by atomic mass is 9.77. The maximum Gasteiger partial charge on any atom is 0.387 e. The van der Waals surface area contributed by atoms with Crippen molar-refractivity contribution >= 4 is 5.91 Å². The Labute approximate surface area is 163 Å². The molecule has 3 rings (SSSR count). The van der Waals surface area contributed by atoms with Crippen molar-refractivity contribution in [3.63, 3.8) is 0 Å². The highest BCUT2D eigenvalue weighted by Crippen LogP contribution is 2.38. The zero-order valence-corrected chi connectivity index (χ0v) is 15.9. The average molecular weight is 390 g/mol. The molecule has 1 saturated heterocycles. The van der Waals surface area contributed by atoms with Crippen molar-refractivity contribution in [2.45, 2.75) is 24.7 Å². The van der Waals surface area contributed by atoms with E-state index in [4.69, 9.17) is 0 Å². The van der Waals surface area contributed by atoms with Gasteiger partial charge in [-0.15, -0.1) is 0 Å². The second kappa shape index (κ2) is 8.24. The standard InChI is InChI=1S/C21H24F2N2O3/c1-24(2)21(16-8-4-3-5-9-16)11-12-25(14-18(21)26)19(27)15-7-6-10-17(13-15)28-20(22)23/h3-10,13,18,20,26H,11-12,14H2,1-2H3/t18-,21+/m1/s1. The summed E-state index contributed by atoms with van der Waals surface area (Å²) < 4.78 is 29.2. The predicted octanol–water partition coefficient (Wildman–Crippen LogP) is 2.95. The van der Waals surface area contributed by atoms with Gasteiger partial charge in [-0.2, -0.15) is 8.78 Å². The number of rotatable bonds is 5. The van der Waals surface area contributed by atoms with Gasteiger partial charge in [0, 0.05) is 18.7 Å². The fraction of sp³-hybridized carbons (Fsp3) is 0.381. The molecule has 0 spiro atoms. The van der Waals surface area contributed by atoms with E-state index < -0.39 is 18.3 Å². The number of amides is 1. The molecule has 0 bridgehead atoms. The summed E-state index contributed by atoms with van der Waals surface area (Å²) in [7, 11) is 3.83. The first-order valence-electron chi connectivity index (χ1n) is 9.10. The van der Waals surface area contributed by atoms with Gasteiger partial charge in [-0.05, 0) is 44.3 Å². The highest BCUT2D eigenvalue weighted by molar-refractivity contribution is 5.94. The number of likely N-dealkylation sites (tertiary alicyclic amines) is 1. The van der Waals surface area contributed by atoms with Crippen molar-refractivity contribution in [1.82, 2.24) is 9.80 Å². The molecule has 2 atom stereocenters. The third kappa shape index (κ3) is 3.86. The highest BCUT2D eigenvalue weighted by atomic mass is 19.3. The minimum absolute atomic E-state index is 0.0645. The van der Waals surface area contributed by atoms with Gasteiger partial charge in [0.25, 0.3) is 5.91 Å². The van der Waals surface area contributed by atoms with Gasteiger partial charge in [0.05, 0.1) is 11.6 Å². The van der Waals surface area contributed by atoms with Gasteiger partial charge < -0.3 is 14.7 Å². The maximum atomic E-state index is 12.9. The molecule has 5 nitrogen and oxygen atoms in total. The number of carbonyl (C=O) groups is 1. The van der Waals surface area contributed by atoms with Gasteiger partial charge in [-0.3, -0.25) is 9.69 Å². The van der Waals surface area contributed by atoms with E-state index in [9.17, 15) is 18.7 Å². The monoisotopic (exact) mass is 390 g/mol. The molecule has 0 aromatic heterocycles. The van der Waals surface area contributed by atoms with Crippen LogP contribution < -0.4 is 4.74 Å². The van der Waals surface area contributed by atoms with Crippen LogP contribution in [0.15, 0.2) is 54.6 Å². The van der Waals surface area contributed by atoms with Crippen LogP contribution in [0.3, 0.4) is 0 Å². The number of aliphatic hydroxyl groups excluding tert-OH is 1. The fourth-order valence-electron chi connectivity index (χ4n) is 3.94. The predicted molar refractivity (Wildman–Crippen MR) is 101 cm³/mol. The molecular weight excluding hydrogens is 366 g/mol. The summed E-state index contributed by atoms with van der Waals surface area (Å²) >= 11 is 0. The zero-order valence-electron chi connectivity index (χ0n) is 15.9. The molecular formula is C21H24F2N2O3. The van der Waals surface area contributed by atoms with E-state index in [1.54, 1.807) is 11.0 Å². The van der Waals surface area contributed by atoms with Crippen LogP contribution in [0.2, 0.25) is 0 Å². The zero-order chi connectivity index (χ0) is 20.3. The number of piperidine rings is 1. The van der Waals surface area contributed by atoms with Crippen molar-refractivity contribution in [1.29, 1.82) is 0 Å². The summed E-state index contributed by atoms with van der Waals surface area (Å²) in [5, 5.41) is 11.0. The van der Waals surface area contributed by atoms with Crippen LogP contribution in [0.1, 0.15) is 22.3 Å². The first kappa shape index (κ1) is 20.2. The minimum Gasteiger partial charge on any atom is -0.435 e.